The van der Waals surface area contributed by atoms with Crippen LogP contribution >= 0.6 is 11.6 Å². The summed E-state index contributed by atoms with van der Waals surface area (Å²) in [4.78, 5) is 58.9. The third kappa shape index (κ3) is 9.95. The van der Waals surface area contributed by atoms with Crippen LogP contribution in [0.4, 0.5) is 0 Å². The Hall–Kier alpha value is -4.12. The summed E-state index contributed by atoms with van der Waals surface area (Å²) in [6.45, 7) is 9.40. The number of aryl methyl sites for hydroxylation is 1. The number of carbonyl (C=O) groups excluding carboxylic acids is 4. The summed E-state index contributed by atoms with van der Waals surface area (Å²) >= 11 is 6.18. The van der Waals surface area contributed by atoms with Gasteiger partial charge in [-0.1, -0.05) is 94.1 Å². The molecule has 12 heteroatoms. The van der Waals surface area contributed by atoms with E-state index in [4.69, 9.17) is 23.1 Å². The van der Waals surface area contributed by atoms with Crippen LogP contribution in [0.15, 0.2) is 53.5 Å². The lowest BCUT2D eigenvalue weighted by Crippen LogP contribution is -2.64. The fraction of sp³-hybridized carbons (Fsp3) is 0.528. The van der Waals surface area contributed by atoms with Crippen LogP contribution in [0.3, 0.4) is 0 Å². The smallest absolute Gasteiger partial charge is 0.246 e. The van der Waals surface area contributed by atoms with Gasteiger partial charge in [0.15, 0.2) is 5.96 Å². The molecule has 4 amide bonds. The number of aliphatic imine (C=N–C) groups is 1. The van der Waals surface area contributed by atoms with Crippen molar-refractivity contribution in [1.82, 2.24) is 21.3 Å². The molecule has 1 aliphatic carbocycles. The summed E-state index contributed by atoms with van der Waals surface area (Å²) in [6.07, 6.45) is 3.65. The van der Waals surface area contributed by atoms with Gasteiger partial charge in [-0.05, 0) is 68.7 Å². The number of nitrogens with one attached hydrogen (secondary N) is 4. The molecule has 262 valence electrons. The molecular weight excluding hydrogens is 630 g/mol. The molecule has 0 heterocycles. The maximum Gasteiger partial charge on any atom is 0.246 e. The van der Waals surface area contributed by atoms with Gasteiger partial charge in [-0.25, -0.2) is 0 Å². The first-order chi connectivity index (χ1) is 22.8. The Morgan fingerprint density at radius 1 is 0.896 bits per heavy atom. The highest BCUT2D eigenvalue weighted by atomic mass is 35.5. The van der Waals surface area contributed by atoms with Gasteiger partial charge in [-0.15, -0.1) is 0 Å². The van der Waals surface area contributed by atoms with Gasteiger partial charge in [-0.3, -0.25) is 24.2 Å². The lowest BCUT2D eigenvalue weighted by Gasteiger charge is -2.36. The molecule has 2 atom stereocenters. The number of nitrogens with zero attached hydrogens (tertiary/aromatic N) is 1. The highest BCUT2D eigenvalue weighted by Crippen LogP contribution is 2.33. The van der Waals surface area contributed by atoms with Crippen LogP contribution in [0.25, 0.3) is 0 Å². The lowest BCUT2D eigenvalue weighted by molar-refractivity contribution is -0.139. The van der Waals surface area contributed by atoms with Crippen molar-refractivity contribution >= 4 is 41.2 Å². The van der Waals surface area contributed by atoms with Gasteiger partial charge >= 0.3 is 0 Å². The van der Waals surface area contributed by atoms with Crippen LogP contribution in [0.5, 0.6) is 0 Å². The summed E-state index contributed by atoms with van der Waals surface area (Å²) in [5.41, 5.74) is 11.4. The summed E-state index contributed by atoms with van der Waals surface area (Å²) < 4.78 is 0. The van der Waals surface area contributed by atoms with E-state index in [1.165, 1.54) is 0 Å². The van der Waals surface area contributed by atoms with Gasteiger partial charge in [0.1, 0.15) is 17.1 Å². The second kappa shape index (κ2) is 17.3. The van der Waals surface area contributed by atoms with Crippen LogP contribution < -0.4 is 32.7 Å². The largest absolute Gasteiger partial charge is 0.370 e. The molecule has 1 unspecified atom stereocenters. The Balaban J connectivity index is 1.91. The van der Waals surface area contributed by atoms with Crippen LogP contribution in [0, 0.1) is 12.8 Å². The number of carbonyl (C=O) groups is 4. The van der Waals surface area contributed by atoms with E-state index in [2.05, 4.69) is 26.3 Å². The monoisotopic (exact) mass is 681 g/mol. The summed E-state index contributed by atoms with van der Waals surface area (Å²) in [7, 11) is 0. The SMILES string of the molecule is CCC(CC)(NC(=O)C(C)C)C(=O)N[C@H](CCCN=C(N)N)C(=O)NC1(C(=O)NC(c2ccc(C)cc2)c2ccc(Cl)cc2)CCCC1. The standard InChI is InChI=1S/C36H52ClN7O4/c1-6-35(7-2,43-30(45)23(3)4)32(47)41-28(11-10-22-40-34(38)39)31(46)44-36(20-8-9-21-36)33(48)42-29(25-14-12-24(5)13-15-25)26-16-18-27(37)19-17-26/h12-19,23,28-29H,6-11,20-22H2,1-5H3,(H,41,47)(H,42,48)(H,43,45)(H,44,46)(H4,38,39,40)/t28-,29?/m1/s1. The van der Waals surface area contributed by atoms with E-state index in [-0.39, 0.29) is 36.7 Å². The number of amides is 4. The molecule has 1 saturated carbocycles. The molecule has 1 fully saturated rings. The van der Waals surface area contributed by atoms with Gasteiger partial charge in [0.25, 0.3) is 0 Å². The number of hydrogen-bond acceptors (Lipinski definition) is 5. The fourth-order valence-electron chi connectivity index (χ4n) is 6.01. The number of halogens is 1. The number of guanidine groups is 1. The maximum atomic E-state index is 14.3. The Kier molecular flexibility index (Phi) is 13.8. The molecule has 0 radical (unpaired) electrons. The minimum atomic E-state index is -1.21. The lowest BCUT2D eigenvalue weighted by atomic mass is 9.89. The molecule has 0 aromatic heterocycles. The van der Waals surface area contributed by atoms with E-state index in [9.17, 15) is 19.2 Å². The second-order valence-electron chi connectivity index (χ2n) is 13.1. The Bertz CT molecular complexity index is 1380. The van der Waals surface area contributed by atoms with E-state index in [1.54, 1.807) is 26.0 Å². The normalized spacial score (nSPS) is 15.2. The van der Waals surface area contributed by atoms with Gasteiger partial charge in [0.2, 0.25) is 23.6 Å². The molecule has 0 aliphatic heterocycles. The number of nitrogens with two attached hydrogens (primary N) is 2. The molecule has 0 saturated heterocycles. The predicted octanol–water partition coefficient (Wildman–Crippen LogP) is 4.15. The highest BCUT2D eigenvalue weighted by molar-refractivity contribution is 6.30. The summed E-state index contributed by atoms with van der Waals surface area (Å²) in [5.74, 6) is -1.91. The van der Waals surface area contributed by atoms with Crippen molar-refractivity contribution in [3.8, 4) is 0 Å². The van der Waals surface area contributed by atoms with E-state index in [0.717, 1.165) is 29.5 Å². The molecule has 48 heavy (non-hydrogen) atoms. The molecule has 2 aromatic carbocycles. The third-order valence-electron chi connectivity index (χ3n) is 9.24. The second-order valence-corrected chi connectivity index (χ2v) is 13.5. The molecule has 0 spiro atoms. The molecule has 11 nitrogen and oxygen atoms in total. The number of hydrogen-bond donors (Lipinski definition) is 6. The van der Waals surface area contributed by atoms with E-state index < -0.39 is 35.0 Å². The zero-order valence-corrected chi connectivity index (χ0v) is 29.6. The van der Waals surface area contributed by atoms with E-state index in [0.29, 0.717) is 37.1 Å². The first-order valence-electron chi connectivity index (χ1n) is 16.9. The molecule has 1 aliphatic rings. The third-order valence-corrected chi connectivity index (χ3v) is 9.49. The molecule has 0 bridgehead atoms. The van der Waals surface area contributed by atoms with Crippen molar-refractivity contribution in [2.75, 3.05) is 6.54 Å². The van der Waals surface area contributed by atoms with E-state index in [1.807, 2.05) is 57.2 Å². The van der Waals surface area contributed by atoms with E-state index >= 15 is 0 Å². The van der Waals surface area contributed by atoms with Crippen LogP contribution in [-0.4, -0.2) is 53.3 Å². The van der Waals surface area contributed by atoms with Gasteiger partial charge in [0.05, 0.1) is 6.04 Å². The van der Waals surface area contributed by atoms with Gasteiger partial charge in [0, 0.05) is 17.5 Å². The van der Waals surface area contributed by atoms with Crippen molar-refractivity contribution in [1.29, 1.82) is 0 Å². The molecular formula is C36H52ClN7O4. The zero-order chi connectivity index (χ0) is 35.5. The highest BCUT2D eigenvalue weighted by Gasteiger charge is 2.45. The maximum absolute atomic E-state index is 14.3. The van der Waals surface area contributed by atoms with Crippen LogP contribution in [-0.2, 0) is 19.2 Å². The van der Waals surface area contributed by atoms with Crippen molar-refractivity contribution in [3.05, 3.63) is 70.2 Å². The van der Waals surface area contributed by atoms with Crippen molar-refractivity contribution < 1.29 is 19.2 Å². The first kappa shape index (κ1) is 38.3. The van der Waals surface area contributed by atoms with Gasteiger partial charge in [-0.2, -0.15) is 0 Å². The molecule has 3 rings (SSSR count). The average molecular weight is 682 g/mol. The minimum Gasteiger partial charge on any atom is -0.370 e. The zero-order valence-electron chi connectivity index (χ0n) is 28.8. The quantitative estimate of drug-likeness (QED) is 0.0879. The van der Waals surface area contributed by atoms with Crippen LogP contribution in [0.1, 0.15) is 102 Å². The van der Waals surface area contributed by atoms with Gasteiger partial charge < -0.3 is 32.7 Å². The molecule has 8 N–H and O–H groups in total. The Morgan fingerprint density at radius 2 is 1.46 bits per heavy atom. The fourth-order valence-corrected chi connectivity index (χ4v) is 6.13. The predicted molar refractivity (Wildman–Crippen MR) is 190 cm³/mol. The average Bonchev–Trinajstić information content (AvgIpc) is 3.54. The number of rotatable bonds is 16. The molecule has 2 aromatic rings. The first-order valence-corrected chi connectivity index (χ1v) is 17.3. The Morgan fingerprint density at radius 3 is 1.98 bits per heavy atom. The number of benzene rings is 2. The van der Waals surface area contributed by atoms with Crippen molar-refractivity contribution in [2.24, 2.45) is 22.4 Å². The minimum absolute atomic E-state index is 0.0715. The van der Waals surface area contributed by atoms with Crippen molar-refractivity contribution in [3.63, 3.8) is 0 Å². The summed E-state index contributed by atoms with van der Waals surface area (Å²) in [5, 5.41) is 12.7. The van der Waals surface area contributed by atoms with Crippen LogP contribution in [0.2, 0.25) is 5.02 Å². The van der Waals surface area contributed by atoms with Crippen molar-refractivity contribution in [2.45, 2.75) is 109 Å². The summed E-state index contributed by atoms with van der Waals surface area (Å²) in [6, 6.07) is 13.8. The topological polar surface area (TPSA) is 181 Å². The Labute approximate surface area is 289 Å².